The third-order valence-corrected chi connectivity index (χ3v) is 8.99. The van der Waals surface area contributed by atoms with Gasteiger partial charge in [-0.2, -0.15) is 0 Å². The van der Waals surface area contributed by atoms with Gasteiger partial charge in [-0.3, -0.25) is 19.2 Å². The SMILES string of the molecule is CCC(=O)C(NC(=O)C1CCCN1C(=O)C(NC(=O)C(C)NC)C1CCCCC1)C(c1ccccc1)c1ccccc1. The number of ketones is 1. The number of benzene rings is 2. The highest BCUT2D eigenvalue weighted by molar-refractivity contribution is 5.96. The summed E-state index contributed by atoms with van der Waals surface area (Å²) in [5.74, 6) is -1.13. The minimum absolute atomic E-state index is 0.0403. The molecule has 0 bridgehead atoms. The van der Waals surface area contributed by atoms with Crippen LogP contribution in [-0.2, 0) is 19.2 Å². The summed E-state index contributed by atoms with van der Waals surface area (Å²) < 4.78 is 0. The van der Waals surface area contributed by atoms with Gasteiger partial charge < -0.3 is 20.9 Å². The minimum atomic E-state index is -0.782. The fourth-order valence-corrected chi connectivity index (χ4v) is 6.46. The highest BCUT2D eigenvalue weighted by Gasteiger charge is 2.42. The molecule has 8 heteroatoms. The first-order valence-corrected chi connectivity index (χ1v) is 15.6. The van der Waals surface area contributed by atoms with E-state index in [1.165, 1.54) is 0 Å². The van der Waals surface area contributed by atoms with Gasteiger partial charge in [-0.05, 0) is 56.7 Å². The average molecular weight is 575 g/mol. The molecule has 1 heterocycles. The van der Waals surface area contributed by atoms with E-state index in [9.17, 15) is 19.2 Å². The molecule has 2 aromatic carbocycles. The predicted molar refractivity (Wildman–Crippen MR) is 164 cm³/mol. The van der Waals surface area contributed by atoms with E-state index in [0.717, 1.165) is 43.2 Å². The molecule has 0 spiro atoms. The fourth-order valence-electron chi connectivity index (χ4n) is 6.46. The normalized spacial score (nSPS) is 19.6. The number of rotatable bonds is 12. The Morgan fingerprint density at radius 2 is 1.43 bits per heavy atom. The van der Waals surface area contributed by atoms with Crippen LogP contribution in [-0.4, -0.2) is 66.2 Å². The molecule has 1 aliphatic carbocycles. The van der Waals surface area contributed by atoms with Gasteiger partial charge in [0.05, 0.1) is 12.1 Å². The quantitative estimate of drug-likeness (QED) is 0.356. The predicted octanol–water partition coefficient (Wildman–Crippen LogP) is 3.95. The Bertz CT molecular complexity index is 1160. The maximum Gasteiger partial charge on any atom is 0.246 e. The molecular weight excluding hydrogens is 528 g/mol. The van der Waals surface area contributed by atoms with Crippen LogP contribution in [0, 0.1) is 5.92 Å². The highest BCUT2D eigenvalue weighted by Crippen LogP contribution is 2.31. The van der Waals surface area contributed by atoms with Crippen molar-refractivity contribution in [3.8, 4) is 0 Å². The van der Waals surface area contributed by atoms with Crippen molar-refractivity contribution < 1.29 is 19.2 Å². The Morgan fingerprint density at radius 3 is 1.98 bits per heavy atom. The summed E-state index contributed by atoms with van der Waals surface area (Å²) in [6.45, 7) is 4.03. The molecule has 2 aromatic rings. The second-order valence-electron chi connectivity index (χ2n) is 11.7. The molecule has 1 saturated carbocycles. The molecule has 4 rings (SSSR count). The van der Waals surface area contributed by atoms with E-state index < -0.39 is 24.2 Å². The Labute approximate surface area is 250 Å². The molecule has 226 valence electrons. The first-order valence-electron chi connectivity index (χ1n) is 15.6. The molecule has 42 heavy (non-hydrogen) atoms. The van der Waals surface area contributed by atoms with Gasteiger partial charge in [0.25, 0.3) is 0 Å². The van der Waals surface area contributed by atoms with Gasteiger partial charge in [-0.15, -0.1) is 0 Å². The Balaban J connectivity index is 1.59. The number of likely N-dealkylation sites (tertiary alicyclic amines) is 1. The molecule has 0 radical (unpaired) electrons. The van der Waals surface area contributed by atoms with Crippen LogP contribution in [0.1, 0.15) is 82.3 Å². The topological polar surface area (TPSA) is 108 Å². The van der Waals surface area contributed by atoms with E-state index in [4.69, 9.17) is 0 Å². The van der Waals surface area contributed by atoms with E-state index in [1.807, 2.05) is 67.6 Å². The van der Waals surface area contributed by atoms with Gasteiger partial charge in [0.1, 0.15) is 12.1 Å². The van der Waals surface area contributed by atoms with Crippen molar-refractivity contribution in [2.75, 3.05) is 13.6 Å². The van der Waals surface area contributed by atoms with Gasteiger partial charge >= 0.3 is 0 Å². The molecule has 0 aromatic heterocycles. The van der Waals surface area contributed by atoms with E-state index in [-0.39, 0.29) is 41.8 Å². The van der Waals surface area contributed by atoms with E-state index in [0.29, 0.717) is 19.4 Å². The number of likely N-dealkylation sites (N-methyl/N-ethyl adjacent to an activating group) is 1. The van der Waals surface area contributed by atoms with Gasteiger partial charge in [0.2, 0.25) is 17.7 Å². The summed E-state index contributed by atoms with van der Waals surface area (Å²) in [5.41, 5.74) is 1.88. The van der Waals surface area contributed by atoms with Gasteiger partial charge in [0, 0.05) is 18.9 Å². The molecule has 2 fully saturated rings. The number of nitrogens with zero attached hydrogens (tertiary/aromatic N) is 1. The second-order valence-corrected chi connectivity index (χ2v) is 11.7. The van der Waals surface area contributed by atoms with Crippen LogP contribution in [0.4, 0.5) is 0 Å². The lowest BCUT2D eigenvalue weighted by Crippen LogP contribution is -2.59. The van der Waals surface area contributed by atoms with Crippen molar-refractivity contribution in [1.29, 1.82) is 0 Å². The largest absolute Gasteiger partial charge is 0.344 e. The maximum atomic E-state index is 14.1. The zero-order valence-corrected chi connectivity index (χ0v) is 25.2. The van der Waals surface area contributed by atoms with Crippen LogP contribution in [0.25, 0.3) is 0 Å². The molecule has 3 N–H and O–H groups in total. The number of carbonyl (C=O) groups excluding carboxylic acids is 4. The van der Waals surface area contributed by atoms with Gasteiger partial charge in [-0.1, -0.05) is 86.8 Å². The van der Waals surface area contributed by atoms with Crippen molar-refractivity contribution in [3.05, 3.63) is 71.8 Å². The van der Waals surface area contributed by atoms with Crippen molar-refractivity contribution in [1.82, 2.24) is 20.9 Å². The van der Waals surface area contributed by atoms with Crippen LogP contribution in [0.2, 0.25) is 0 Å². The lowest BCUT2D eigenvalue weighted by Gasteiger charge is -2.36. The molecule has 8 nitrogen and oxygen atoms in total. The Kier molecular flexibility index (Phi) is 11.3. The van der Waals surface area contributed by atoms with Gasteiger partial charge in [-0.25, -0.2) is 0 Å². The maximum absolute atomic E-state index is 14.1. The zero-order valence-electron chi connectivity index (χ0n) is 25.2. The van der Waals surface area contributed by atoms with Crippen molar-refractivity contribution in [2.24, 2.45) is 5.92 Å². The van der Waals surface area contributed by atoms with Crippen molar-refractivity contribution in [3.63, 3.8) is 0 Å². The van der Waals surface area contributed by atoms with E-state index in [2.05, 4.69) is 16.0 Å². The van der Waals surface area contributed by atoms with Crippen molar-refractivity contribution >= 4 is 23.5 Å². The smallest absolute Gasteiger partial charge is 0.246 e. The molecule has 4 unspecified atom stereocenters. The molecule has 1 aliphatic heterocycles. The summed E-state index contributed by atoms with van der Waals surface area (Å²) in [4.78, 5) is 56.1. The standard InChI is InChI=1S/C34H46N4O4/c1-4-28(39)31(29(24-15-8-5-9-16-24)25-17-10-6-11-18-25)37-33(41)27-21-14-22-38(27)34(42)30(26-19-12-7-13-20-26)36-32(40)23(2)35-3/h5-6,8-11,15-18,23,26-27,29-31,35H,4,7,12-14,19-22H2,1-3H3,(H,36,40)(H,37,41). The van der Waals surface area contributed by atoms with Gasteiger partial charge in [0.15, 0.2) is 5.78 Å². The number of nitrogens with one attached hydrogen (secondary N) is 3. The highest BCUT2D eigenvalue weighted by atomic mass is 16.2. The first-order chi connectivity index (χ1) is 20.3. The number of carbonyl (C=O) groups is 4. The number of hydrogen-bond donors (Lipinski definition) is 3. The van der Waals surface area contributed by atoms with E-state index >= 15 is 0 Å². The zero-order chi connectivity index (χ0) is 30.1. The summed E-state index contributed by atoms with van der Waals surface area (Å²) in [6, 6.07) is 17.0. The molecular formula is C34H46N4O4. The number of Topliss-reactive ketones (excluding diaryl/α,β-unsaturated/α-hetero) is 1. The molecule has 1 saturated heterocycles. The Morgan fingerprint density at radius 1 is 0.833 bits per heavy atom. The van der Waals surface area contributed by atoms with Crippen molar-refractivity contribution in [2.45, 2.75) is 95.3 Å². The third-order valence-electron chi connectivity index (χ3n) is 8.99. The summed E-state index contributed by atoms with van der Waals surface area (Å²) >= 11 is 0. The fraction of sp³-hybridized carbons (Fsp3) is 0.529. The van der Waals surface area contributed by atoms with Crippen LogP contribution in [0.15, 0.2) is 60.7 Å². The van der Waals surface area contributed by atoms with Crippen LogP contribution in [0.5, 0.6) is 0 Å². The number of hydrogen-bond acceptors (Lipinski definition) is 5. The van der Waals surface area contributed by atoms with Crippen LogP contribution in [0.3, 0.4) is 0 Å². The lowest BCUT2D eigenvalue weighted by molar-refractivity contribution is -0.143. The monoisotopic (exact) mass is 574 g/mol. The Hall–Kier alpha value is -3.52. The average Bonchev–Trinajstić information content (AvgIpc) is 3.54. The summed E-state index contributed by atoms with van der Waals surface area (Å²) in [5, 5.41) is 9.07. The number of amides is 3. The molecule has 2 aliphatic rings. The van der Waals surface area contributed by atoms with E-state index in [1.54, 1.807) is 18.9 Å². The lowest BCUT2D eigenvalue weighted by atomic mass is 9.82. The first kappa shape index (κ1) is 31.4. The molecule has 3 amide bonds. The summed E-state index contributed by atoms with van der Waals surface area (Å²) in [7, 11) is 1.72. The molecule has 4 atom stereocenters. The van der Waals surface area contributed by atoms with Crippen LogP contribution >= 0.6 is 0 Å². The third kappa shape index (κ3) is 7.46. The summed E-state index contributed by atoms with van der Waals surface area (Å²) in [6.07, 6.45) is 6.40. The second kappa shape index (κ2) is 15.1. The van der Waals surface area contributed by atoms with Crippen LogP contribution < -0.4 is 16.0 Å². The minimum Gasteiger partial charge on any atom is -0.344 e.